The van der Waals surface area contributed by atoms with E-state index in [1.807, 2.05) is 0 Å². The minimum Gasteiger partial charge on any atom is -0.290 e. The average Bonchev–Trinajstić information content (AvgIpc) is 2.90. The highest BCUT2D eigenvalue weighted by molar-refractivity contribution is 4.76. The van der Waals surface area contributed by atoms with Gasteiger partial charge in [0.15, 0.2) is 0 Å². The Bertz CT molecular complexity index is 257. The Kier molecular flexibility index (Phi) is 13.9. The molecule has 0 atom stereocenters. The van der Waals surface area contributed by atoms with E-state index in [4.69, 9.17) is 0 Å². The first kappa shape index (κ1) is 22.0. The Labute approximate surface area is 153 Å². The summed E-state index contributed by atoms with van der Waals surface area (Å²) in [5, 5.41) is 0. The summed E-state index contributed by atoms with van der Waals surface area (Å²) in [6.45, 7) is 4.80. The van der Waals surface area contributed by atoms with Crippen molar-refractivity contribution in [2.75, 3.05) is 27.2 Å². The molecule has 144 valence electrons. The Hall–Kier alpha value is -0.0800. The van der Waals surface area contributed by atoms with Crippen LogP contribution in [0.1, 0.15) is 110 Å². The fourth-order valence-electron chi connectivity index (χ4n) is 4.09. The zero-order valence-electron chi connectivity index (χ0n) is 17.2. The van der Waals surface area contributed by atoms with Crippen LogP contribution >= 0.6 is 0 Å². The molecule has 0 aromatic heterocycles. The smallest absolute Gasteiger partial charge is 0.0618 e. The van der Waals surface area contributed by atoms with Gasteiger partial charge in [-0.1, -0.05) is 103 Å². The molecule has 0 radical (unpaired) electrons. The molecule has 1 aliphatic heterocycles. The van der Waals surface area contributed by atoms with Crippen molar-refractivity contribution >= 4 is 0 Å². The molecule has 24 heavy (non-hydrogen) atoms. The lowest BCUT2D eigenvalue weighted by Crippen LogP contribution is -2.34. The van der Waals surface area contributed by atoms with Crippen molar-refractivity contribution in [3.8, 4) is 0 Å². The zero-order valence-corrected chi connectivity index (χ0v) is 17.2. The second-order valence-corrected chi connectivity index (χ2v) is 8.18. The molecule has 1 fully saturated rings. The molecule has 2 nitrogen and oxygen atoms in total. The van der Waals surface area contributed by atoms with Crippen molar-refractivity contribution in [3.63, 3.8) is 0 Å². The summed E-state index contributed by atoms with van der Waals surface area (Å²) in [4.78, 5) is 5.04. The minimum atomic E-state index is 0.715. The topological polar surface area (TPSA) is 6.48 Å². The summed E-state index contributed by atoms with van der Waals surface area (Å²) >= 11 is 0. The first-order valence-corrected chi connectivity index (χ1v) is 11.2. The Morgan fingerprint density at radius 3 is 1.25 bits per heavy atom. The quantitative estimate of drug-likeness (QED) is 0.298. The highest BCUT2D eigenvalue weighted by atomic mass is 15.4. The Morgan fingerprint density at radius 1 is 0.542 bits per heavy atom. The van der Waals surface area contributed by atoms with Crippen LogP contribution in [0.15, 0.2) is 0 Å². The van der Waals surface area contributed by atoms with Gasteiger partial charge in [0.25, 0.3) is 0 Å². The van der Waals surface area contributed by atoms with Crippen molar-refractivity contribution in [3.05, 3.63) is 0 Å². The van der Waals surface area contributed by atoms with Gasteiger partial charge in [0.1, 0.15) is 0 Å². The lowest BCUT2D eigenvalue weighted by Gasteiger charge is -2.24. The van der Waals surface area contributed by atoms with Crippen LogP contribution in [-0.4, -0.2) is 43.2 Å². The van der Waals surface area contributed by atoms with E-state index in [1.54, 1.807) is 0 Å². The van der Waals surface area contributed by atoms with Gasteiger partial charge >= 0.3 is 0 Å². The molecule has 0 N–H and O–H groups in total. The molecular weight excluding hydrogens is 292 g/mol. The normalized spacial score (nSPS) is 17.1. The fourth-order valence-corrected chi connectivity index (χ4v) is 4.09. The highest BCUT2D eigenvalue weighted by Gasteiger charge is 2.24. The third kappa shape index (κ3) is 10.7. The molecule has 0 unspecified atom stereocenters. The van der Waals surface area contributed by atoms with Crippen molar-refractivity contribution < 1.29 is 0 Å². The van der Waals surface area contributed by atoms with Gasteiger partial charge in [-0.05, 0) is 20.5 Å². The van der Waals surface area contributed by atoms with Crippen LogP contribution in [0.2, 0.25) is 0 Å². The summed E-state index contributed by atoms with van der Waals surface area (Å²) in [6.07, 6.45) is 23.9. The van der Waals surface area contributed by atoms with E-state index in [2.05, 4.69) is 30.8 Å². The van der Waals surface area contributed by atoms with Gasteiger partial charge in [-0.25, -0.2) is 0 Å². The van der Waals surface area contributed by atoms with Crippen LogP contribution in [0, 0.1) is 0 Å². The molecule has 0 aromatic rings. The predicted octanol–water partition coefficient (Wildman–Crippen LogP) is 6.45. The third-order valence-corrected chi connectivity index (χ3v) is 5.89. The highest BCUT2D eigenvalue weighted by Crippen LogP contribution is 2.18. The van der Waals surface area contributed by atoms with Crippen LogP contribution < -0.4 is 0 Å². The Morgan fingerprint density at radius 2 is 0.875 bits per heavy atom. The number of likely N-dealkylation sites (N-methyl/N-ethyl adjacent to an activating group) is 2. The van der Waals surface area contributed by atoms with E-state index in [0.29, 0.717) is 6.17 Å². The van der Waals surface area contributed by atoms with Gasteiger partial charge in [0, 0.05) is 13.1 Å². The second kappa shape index (κ2) is 15.2. The fraction of sp³-hybridized carbons (Fsp3) is 1.00. The zero-order chi connectivity index (χ0) is 17.5. The summed E-state index contributed by atoms with van der Waals surface area (Å²) < 4.78 is 0. The summed E-state index contributed by atoms with van der Waals surface area (Å²) in [6, 6.07) is 0. The molecule has 0 aliphatic carbocycles. The standard InChI is InChI=1S/C22H46N2/c1-4-5-6-7-8-9-10-11-12-13-14-15-16-17-18-19-22-23(2)20-21-24(22)3/h22H,4-21H2,1-3H3. The molecule has 1 saturated heterocycles. The number of nitrogens with zero attached hydrogens (tertiary/aromatic N) is 2. The van der Waals surface area contributed by atoms with Crippen molar-refractivity contribution in [1.82, 2.24) is 9.80 Å². The van der Waals surface area contributed by atoms with Gasteiger partial charge in [0.2, 0.25) is 0 Å². The van der Waals surface area contributed by atoms with E-state index in [0.717, 1.165) is 0 Å². The molecule has 0 saturated carbocycles. The van der Waals surface area contributed by atoms with E-state index >= 15 is 0 Å². The molecule has 1 aliphatic rings. The molecule has 0 aromatic carbocycles. The first-order chi connectivity index (χ1) is 11.8. The first-order valence-electron chi connectivity index (χ1n) is 11.2. The summed E-state index contributed by atoms with van der Waals surface area (Å²) in [7, 11) is 4.55. The number of hydrogen-bond donors (Lipinski definition) is 0. The van der Waals surface area contributed by atoms with Gasteiger partial charge in [-0.3, -0.25) is 9.80 Å². The summed E-state index contributed by atoms with van der Waals surface area (Å²) in [5.41, 5.74) is 0. The maximum atomic E-state index is 2.52. The van der Waals surface area contributed by atoms with Crippen LogP contribution in [0.4, 0.5) is 0 Å². The number of unbranched alkanes of at least 4 members (excludes halogenated alkanes) is 14. The van der Waals surface area contributed by atoms with E-state index in [-0.39, 0.29) is 0 Å². The third-order valence-electron chi connectivity index (χ3n) is 5.89. The van der Waals surface area contributed by atoms with Gasteiger partial charge in [0.05, 0.1) is 6.17 Å². The van der Waals surface area contributed by atoms with Gasteiger partial charge in [-0.15, -0.1) is 0 Å². The van der Waals surface area contributed by atoms with Crippen LogP contribution in [-0.2, 0) is 0 Å². The summed E-state index contributed by atoms with van der Waals surface area (Å²) in [5.74, 6) is 0. The van der Waals surface area contributed by atoms with Gasteiger partial charge < -0.3 is 0 Å². The molecule has 0 amide bonds. The predicted molar refractivity (Wildman–Crippen MR) is 109 cm³/mol. The van der Waals surface area contributed by atoms with Crippen molar-refractivity contribution in [2.24, 2.45) is 0 Å². The second-order valence-electron chi connectivity index (χ2n) is 8.18. The van der Waals surface area contributed by atoms with E-state index in [1.165, 1.54) is 116 Å². The van der Waals surface area contributed by atoms with Crippen LogP contribution in [0.25, 0.3) is 0 Å². The average molecular weight is 339 g/mol. The largest absolute Gasteiger partial charge is 0.290 e. The molecule has 0 spiro atoms. The SMILES string of the molecule is CCCCCCCCCCCCCCCCCC1N(C)CCN1C. The molecule has 1 rings (SSSR count). The van der Waals surface area contributed by atoms with Gasteiger partial charge in [-0.2, -0.15) is 0 Å². The molecule has 0 bridgehead atoms. The number of rotatable bonds is 16. The van der Waals surface area contributed by atoms with Crippen molar-refractivity contribution in [1.29, 1.82) is 0 Å². The molecule has 1 heterocycles. The maximum absolute atomic E-state index is 2.52. The lowest BCUT2D eigenvalue weighted by atomic mass is 10.0. The Balaban J connectivity index is 1.73. The van der Waals surface area contributed by atoms with E-state index < -0.39 is 0 Å². The van der Waals surface area contributed by atoms with Crippen LogP contribution in [0.5, 0.6) is 0 Å². The van der Waals surface area contributed by atoms with Crippen LogP contribution in [0.3, 0.4) is 0 Å². The lowest BCUT2D eigenvalue weighted by molar-refractivity contribution is 0.171. The minimum absolute atomic E-state index is 0.715. The van der Waals surface area contributed by atoms with E-state index in [9.17, 15) is 0 Å². The monoisotopic (exact) mass is 338 g/mol. The maximum Gasteiger partial charge on any atom is 0.0618 e. The number of hydrogen-bond acceptors (Lipinski definition) is 2. The molecular formula is C22H46N2. The molecule has 2 heteroatoms. The van der Waals surface area contributed by atoms with Crippen molar-refractivity contribution in [2.45, 2.75) is 116 Å².